The Morgan fingerprint density at radius 3 is 2.19 bits per heavy atom. The van der Waals surface area contributed by atoms with Gasteiger partial charge in [0.2, 0.25) is 0 Å². The number of nitrogens with one attached hydrogen (secondary N) is 1. The molecule has 0 amide bonds. The Kier molecular flexibility index (Phi) is 4.58. The van der Waals surface area contributed by atoms with E-state index in [0.29, 0.717) is 23.6 Å². The number of benzene rings is 2. The summed E-state index contributed by atoms with van der Waals surface area (Å²) in [5, 5.41) is 3.29. The summed E-state index contributed by atoms with van der Waals surface area (Å²) in [7, 11) is 0. The van der Waals surface area contributed by atoms with Crippen LogP contribution in [0, 0.1) is 11.6 Å². The number of halogens is 2. The summed E-state index contributed by atoms with van der Waals surface area (Å²) < 4.78 is 32.0. The van der Waals surface area contributed by atoms with Gasteiger partial charge in [-0.05, 0) is 63.2 Å². The molecule has 0 radical (unpaired) electrons. The minimum absolute atomic E-state index is 0.0839. The second-order valence-corrected chi connectivity index (χ2v) is 5.91. The largest absolute Gasteiger partial charge is 0.457 e. The lowest BCUT2D eigenvalue weighted by atomic mass is 10.1. The molecule has 0 unspecified atom stereocenters. The zero-order valence-electron chi connectivity index (χ0n) is 12.4. The molecule has 1 N–H and O–H groups in total. The molecule has 2 aromatic carbocycles. The fourth-order valence-corrected chi connectivity index (χ4v) is 1.78. The van der Waals surface area contributed by atoms with Crippen LogP contribution in [0.15, 0.2) is 42.5 Å². The van der Waals surface area contributed by atoms with E-state index in [9.17, 15) is 8.78 Å². The SMILES string of the molecule is CC(C)(C)NCc1cc(F)ccc1Oc1ccc(F)cc1. The first-order valence-corrected chi connectivity index (χ1v) is 6.80. The van der Waals surface area contributed by atoms with Crippen LogP contribution >= 0.6 is 0 Å². The van der Waals surface area contributed by atoms with Gasteiger partial charge in [-0.2, -0.15) is 0 Å². The van der Waals surface area contributed by atoms with Crippen LogP contribution in [0.1, 0.15) is 26.3 Å². The highest BCUT2D eigenvalue weighted by Gasteiger charge is 2.12. The zero-order valence-corrected chi connectivity index (χ0v) is 12.4. The van der Waals surface area contributed by atoms with Gasteiger partial charge in [0.25, 0.3) is 0 Å². The van der Waals surface area contributed by atoms with Crippen molar-refractivity contribution in [2.75, 3.05) is 0 Å². The molecule has 0 fully saturated rings. The smallest absolute Gasteiger partial charge is 0.132 e. The summed E-state index contributed by atoms with van der Waals surface area (Å²) >= 11 is 0. The lowest BCUT2D eigenvalue weighted by molar-refractivity contribution is 0.413. The van der Waals surface area contributed by atoms with Gasteiger partial charge in [-0.1, -0.05) is 0 Å². The normalized spacial score (nSPS) is 11.5. The van der Waals surface area contributed by atoms with Crippen LogP contribution in [-0.4, -0.2) is 5.54 Å². The summed E-state index contributed by atoms with van der Waals surface area (Å²) in [6.45, 7) is 6.59. The second kappa shape index (κ2) is 6.22. The summed E-state index contributed by atoms with van der Waals surface area (Å²) in [5.74, 6) is 0.433. The van der Waals surface area contributed by atoms with Crippen LogP contribution in [0.2, 0.25) is 0 Å². The molecule has 0 aromatic heterocycles. The molecule has 0 saturated heterocycles. The molecule has 2 rings (SSSR count). The Morgan fingerprint density at radius 1 is 0.952 bits per heavy atom. The molecule has 0 aliphatic carbocycles. The monoisotopic (exact) mass is 291 g/mol. The molecule has 2 nitrogen and oxygen atoms in total. The standard InChI is InChI=1S/C17H19F2NO/c1-17(2,3)20-11-12-10-14(19)6-9-16(12)21-15-7-4-13(18)5-8-15/h4-10,20H,11H2,1-3H3. The van der Waals surface area contributed by atoms with Crippen molar-refractivity contribution >= 4 is 0 Å². The molecule has 0 spiro atoms. The summed E-state index contributed by atoms with van der Waals surface area (Å²) in [5.41, 5.74) is 0.633. The van der Waals surface area contributed by atoms with Crippen LogP contribution in [0.4, 0.5) is 8.78 Å². The molecule has 4 heteroatoms. The summed E-state index contributed by atoms with van der Waals surface area (Å²) in [6.07, 6.45) is 0. The third kappa shape index (κ3) is 4.83. The van der Waals surface area contributed by atoms with Crippen molar-refractivity contribution in [1.29, 1.82) is 0 Å². The van der Waals surface area contributed by atoms with Crippen molar-refractivity contribution in [2.24, 2.45) is 0 Å². The number of hydrogen-bond acceptors (Lipinski definition) is 2. The Bertz CT molecular complexity index is 603. The van der Waals surface area contributed by atoms with Gasteiger partial charge < -0.3 is 10.1 Å². The van der Waals surface area contributed by atoms with Crippen molar-refractivity contribution < 1.29 is 13.5 Å². The Morgan fingerprint density at radius 2 is 1.57 bits per heavy atom. The van der Waals surface area contributed by atoms with Gasteiger partial charge in [-0.25, -0.2) is 8.78 Å². The quantitative estimate of drug-likeness (QED) is 0.885. The molecule has 112 valence electrons. The molecule has 0 aliphatic rings. The summed E-state index contributed by atoms with van der Waals surface area (Å²) in [4.78, 5) is 0. The van der Waals surface area contributed by atoms with E-state index in [1.54, 1.807) is 18.2 Å². The highest BCUT2D eigenvalue weighted by molar-refractivity contribution is 5.38. The Labute approximate surface area is 123 Å². The van der Waals surface area contributed by atoms with Crippen molar-refractivity contribution in [2.45, 2.75) is 32.9 Å². The lowest BCUT2D eigenvalue weighted by Crippen LogP contribution is -2.35. The van der Waals surface area contributed by atoms with Crippen LogP contribution in [0.3, 0.4) is 0 Å². The van der Waals surface area contributed by atoms with E-state index in [2.05, 4.69) is 5.32 Å². The van der Waals surface area contributed by atoms with Gasteiger partial charge in [-0.3, -0.25) is 0 Å². The number of rotatable bonds is 4. The first-order valence-electron chi connectivity index (χ1n) is 6.80. The minimum Gasteiger partial charge on any atom is -0.457 e. The predicted molar refractivity (Wildman–Crippen MR) is 79.5 cm³/mol. The van der Waals surface area contributed by atoms with Gasteiger partial charge in [0.15, 0.2) is 0 Å². The van der Waals surface area contributed by atoms with E-state index in [1.165, 1.54) is 24.3 Å². The van der Waals surface area contributed by atoms with Gasteiger partial charge in [0.1, 0.15) is 23.1 Å². The van der Waals surface area contributed by atoms with Crippen LogP contribution < -0.4 is 10.1 Å². The van der Waals surface area contributed by atoms with E-state index in [-0.39, 0.29) is 17.2 Å². The minimum atomic E-state index is -0.323. The third-order valence-corrected chi connectivity index (χ3v) is 2.87. The predicted octanol–water partition coefficient (Wildman–Crippen LogP) is 4.65. The van der Waals surface area contributed by atoms with Crippen molar-refractivity contribution in [3.05, 3.63) is 59.7 Å². The first kappa shape index (κ1) is 15.4. The van der Waals surface area contributed by atoms with E-state index in [0.717, 1.165) is 0 Å². The van der Waals surface area contributed by atoms with E-state index >= 15 is 0 Å². The van der Waals surface area contributed by atoms with Gasteiger partial charge in [-0.15, -0.1) is 0 Å². The van der Waals surface area contributed by atoms with Crippen molar-refractivity contribution in [3.8, 4) is 11.5 Å². The van der Waals surface area contributed by atoms with Gasteiger partial charge >= 0.3 is 0 Å². The van der Waals surface area contributed by atoms with E-state index in [4.69, 9.17) is 4.74 Å². The molecule has 0 atom stereocenters. The Balaban J connectivity index is 2.20. The van der Waals surface area contributed by atoms with E-state index in [1.807, 2.05) is 20.8 Å². The Hall–Kier alpha value is -1.94. The number of hydrogen-bond donors (Lipinski definition) is 1. The maximum absolute atomic E-state index is 13.4. The highest BCUT2D eigenvalue weighted by Crippen LogP contribution is 2.26. The fourth-order valence-electron chi connectivity index (χ4n) is 1.78. The molecule has 0 saturated carbocycles. The van der Waals surface area contributed by atoms with Crippen molar-refractivity contribution in [1.82, 2.24) is 5.32 Å². The second-order valence-electron chi connectivity index (χ2n) is 5.91. The average Bonchev–Trinajstić information content (AvgIpc) is 2.40. The molecule has 21 heavy (non-hydrogen) atoms. The van der Waals surface area contributed by atoms with Crippen LogP contribution in [0.5, 0.6) is 11.5 Å². The zero-order chi connectivity index (χ0) is 15.5. The molecular formula is C17H19F2NO. The maximum Gasteiger partial charge on any atom is 0.132 e. The molecule has 0 aliphatic heterocycles. The van der Waals surface area contributed by atoms with Gasteiger partial charge in [0.05, 0.1) is 0 Å². The average molecular weight is 291 g/mol. The molecule has 0 bridgehead atoms. The molecular weight excluding hydrogens is 272 g/mol. The maximum atomic E-state index is 13.4. The van der Waals surface area contributed by atoms with Crippen LogP contribution in [0.25, 0.3) is 0 Å². The molecule has 0 heterocycles. The van der Waals surface area contributed by atoms with E-state index < -0.39 is 0 Å². The highest BCUT2D eigenvalue weighted by atomic mass is 19.1. The number of ether oxygens (including phenoxy) is 1. The first-order chi connectivity index (χ1) is 9.83. The fraction of sp³-hybridized carbons (Fsp3) is 0.294. The van der Waals surface area contributed by atoms with Crippen molar-refractivity contribution in [3.63, 3.8) is 0 Å². The lowest BCUT2D eigenvalue weighted by Gasteiger charge is -2.21. The van der Waals surface area contributed by atoms with Gasteiger partial charge in [0, 0.05) is 17.6 Å². The van der Waals surface area contributed by atoms with Crippen LogP contribution in [-0.2, 0) is 6.54 Å². The summed E-state index contributed by atoms with van der Waals surface area (Å²) in [6, 6.07) is 10.1. The molecule has 2 aromatic rings. The topological polar surface area (TPSA) is 21.3 Å². The third-order valence-electron chi connectivity index (χ3n) is 2.87.